The second kappa shape index (κ2) is 9.17. The van der Waals surface area contributed by atoms with E-state index in [2.05, 4.69) is 101 Å². The van der Waals surface area contributed by atoms with Crippen LogP contribution in [0.15, 0.2) is 48.7 Å². The largest absolute Gasteiger partial charge is 0.372 e. The summed E-state index contributed by atoms with van der Waals surface area (Å²) < 4.78 is 0. The predicted octanol–water partition coefficient (Wildman–Crippen LogP) is 4.69. The summed E-state index contributed by atoms with van der Waals surface area (Å²) in [5.74, 6) is 1.17. The lowest BCUT2D eigenvalue weighted by Crippen LogP contribution is -2.21. The third kappa shape index (κ3) is 4.97. The van der Waals surface area contributed by atoms with E-state index in [1.807, 2.05) is 0 Å². The molecule has 2 aromatic carbocycles. The molecule has 3 rings (SSSR count). The summed E-state index contributed by atoms with van der Waals surface area (Å²) >= 11 is 0. The van der Waals surface area contributed by atoms with E-state index < -0.39 is 0 Å². The molecule has 0 spiro atoms. The Kier molecular flexibility index (Phi) is 6.42. The molecule has 1 aromatic heterocycles. The van der Waals surface area contributed by atoms with Gasteiger partial charge in [-0.3, -0.25) is 0 Å². The van der Waals surface area contributed by atoms with E-state index in [1.54, 1.807) is 6.20 Å². The van der Waals surface area contributed by atoms with E-state index in [0.717, 1.165) is 24.3 Å². The van der Waals surface area contributed by atoms with Crippen molar-refractivity contribution < 1.29 is 0 Å². The van der Waals surface area contributed by atoms with Crippen LogP contribution in [0, 0.1) is 13.8 Å². The number of rotatable bonds is 8. The molecular weight excluding hydrogens is 348 g/mol. The third-order valence-corrected chi connectivity index (χ3v) is 4.74. The molecule has 6 nitrogen and oxygen atoms in total. The molecule has 0 aliphatic rings. The minimum absolute atomic E-state index is 0.479. The molecule has 0 fully saturated rings. The van der Waals surface area contributed by atoms with Crippen LogP contribution in [0.1, 0.15) is 30.5 Å². The van der Waals surface area contributed by atoms with E-state index in [1.165, 1.54) is 16.8 Å². The first-order valence-electron chi connectivity index (χ1n) is 9.70. The van der Waals surface area contributed by atoms with Gasteiger partial charge in [0.05, 0.1) is 6.20 Å². The summed E-state index contributed by atoms with van der Waals surface area (Å²) in [5.41, 5.74) is 5.79. The van der Waals surface area contributed by atoms with Gasteiger partial charge in [0.1, 0.15) is 0 Å². The van der Waals surface area contributed by atoms with Crippen LogP contribution in [0.3, 0.4) is 0 Å². The Bertz CT molecular complexity index is 903. The average molecular weight is 377 g/mol. The summed E-state index contributed by atoms with van der Waals surface area (Å²) in [6, 6.07) is 14.8. The highest BCUT2D eigenvalue weighted by molar-refractivity contribution is 5.64. The zero-order valence-corrected chi connectivity index (χ0v) is 17.0. The monoisotopic (exact) mass is 376 g/mol. The number of benzene rings is 2. The molecule has 146 valence electrons. The summed E-state index contributed by atoms with van der Waals surface area (Å²) in [6.07, 6.45) is 1.63. The maximum Gasteiger partial charge on any atom is 0.249 e. The first-order chi connectivity index (χ1) is 13.6. The molecule has 0 aliphatic heterocycles. The Morgan fingerprint density at radius 3 is 2.39 bits per heavy atom. The van der Waals surface area contributed by atoms with Crippen molar-refractivity contribution in [3.05, 3.63) is 65.4 Å². The molecule has 0 bridgehead atoms. The molecule has 1 heterocycles. The SMILES string of the molecule is CCN(CC)c1ccc(Nc2nncc(NCc3ccc(C)cc3)n2)c(C)c1. The first kappa shape index (κ1) is 19.6. The lowest BCUT2D eigenvalue weighted by molar-refractivity contribution is 0.865. The lowest BCUT2D eigenvalue weighted by atomic mass is 10.1. The molecule has 0 saturated carbocycles. The zero-order valence-electron chi connectivity index (χ0n) is 17.0. The van der Waals surface area contributed by atoms with Crippen molar-refractivity contribution in [1.29, 1.82) is 0 Å². The average Bonchev–Trinajstić information content (AvgIpc) is 2.71. The Labute approximate surface area is 167 Å². The highest BCUT2D eigenvalue weighted by Gasteiger charge is 2.07. The normalized spacial score (nSPS) is 10.6. The van der Waals surface area contributed by atoms with Gasteiger partial charge in [-0.05, 0) is 57.0 Å². The van der Waals surface area contributed by atoms with Gasteiger partial charge in [0.15, 0.2) is 5.82 Å². The van der Waals surface area contributed by atoms with E-state index in [4.69, 9.17) is 0 Å². The van der Waals surface area contributed by atoms with Crippen molar-refractivity contribution in [2.45, 2.75) is 34.2 Å². The van der Waals surface area contributed by atoms with Gasteiger partial charge in [0.25, 0.3) is 0 Å². The van der Waals surface area contributed by atoms with Crippen molar-refractivity contribution in [2.75, 3.05) is 28.6 Å². The van der Waals surface area contributed by atoms with Crippen molar-refractivity contribution in [1.82, 2.24) is 15.2 Å². The fourth-order valence-electron chi connectivity index (χ4n) is 3.03. The molecule has 0 radical (unpaired) electrons. The fourth-order valence-corrected chi connectivity index (χ4v) is 3.03. The third-order valence-electron chi connectivity index (χ3n) is 4.74. The summed E-state index contributed by atoms with van der Waals surface area (Å²) in [5, 5.41) is 14.8. The van der Waals surface area contributed by atoms with E-state index in [0.29, 0.717) is 18.3 Å². The molecule has 0 atom stereocenters. The topological polar surface area (TPSA) is 66.0 Å². The summed E-state index contributed by atoms with van der Waals surface area (Å²) in [7, 11) is 0. The molecule has 3 aromatic rings. The number of nitrogens with zero attached hydrogens (tertiary/aromatic N) is 4. The minimum atomic E-state index is 0.479. The van der Waals surface area contributed by atoms with Gasteiger partial charge in [0.2, 0.25) is 5.95 Å². The van der Waals surface area contributed by atoms with Gasteiger partial charge in [-0.1, -0.05) is 29.8 Å². The summed E-state index contributed by atoms with van der Waals surface area (Å²) in [6.45, 7) is 11.2. The van der Waals surface area contributed by atoms with Crippen molar-refractivity contribution >= 4 is 23.1 Å². The molecule has 0 amide bonds. The Balaban J connectivity index is 1.68. The van der Waals surface area contributed by atoms with Gasteiger partial charge >= 0.3 is 0 Å². The molecule has 0 unspecified atom stereocenters. The smallest absolute Gasteiger partial charge is 0.249 e. The fraction of sp³-hybridized carbons (Fsp3) is 0.318. The number of anilines is 4. The number of hydrogen-bond donors (Lipinski definition) is 2. The minimum Gasteiger partial charge on any atom is -0.372 e. The van der Waals surface area contributed by atoms with Crippen molar-refractivity contribution in [3.8, 4) is 0 Å². The number of aromatic nitrogens is 3. The second-order valence-corrected chi connectivity index (χ2v) is 6.80. The molecule has 0 aliphatic carbocycles. The Morgan fingerprint density at radius 2 is 1.71 bits per heavy atom. The van der Waals surface area contributed by atoms with E-state index in [-0.39, 0.29) is 0 Å². The molecule has 0 saturated heterocycles. The molecular formula is C22H28N6. The van der Waals surface area contributed by atoms with E-state index >= 15 is 0 Å². The zero-order chi connectivity index (χ0) is 19.9. The quantitative estimate of drug-likeness (QED) is 0.594. The maximum atomic E-state index is 4.53. The summed E-state index contributed by atoms with van der Waals surface area (Å²) in [4.78, 5) is 6.85. The van der Waals surface area contributed by atoms with Crippen LogP contribution in [-0.2, 0) is 6.54 Å². The van der Waals surface area contributed by atoms with Gasteiger partial charge in [-0.15, -0.1) is 5.10 Å². The first-order valence-corrected chi connectivity index (χ1v) is 9.70. The van der Waals surface area contributed by atoms with Crippen LogP contribution in [0.5, 0.6) is 0 Å². The lowest BCUT2D eigenvalue weighted by Gasteiger charge is -2.22. The maximum absolute atomic E-state index is 4.53. The van der Waals surface area contributed by atoms with Gasteiger partial charge in [-0.25, -0.2) is 0 Å². The highest BCUT2D eigenvalue weighted by Crippen LogP contribution is 2.24. The Morgan fingerprint density at radius 1 is 0.964 bits per heavy atom. The second-order valence-electron chi connectivity index (χ2n) is 6.80. The predicted molar refractivity (Wildman–Crippen MR) is 116 cm³/mol. The number of aryl methyl sites for hydroxylation is 2. The van der Waals surface area contributed by atoms with Crippen LogP contribution in [0.2, 0.25) is 0 Å². The molecule has 2 N–H and O–H groups in total. The molecule has 6 heteroatoms. The van der Waals surface area contributed by atoms with Crippen molar-refractivity contribution in [2.24, 2.45) is 0 Å². The number of nitrogens with one attached hydrogen (secondary N) is 2. The van der Waals surface area contributed by atoms with E-state index in [9.17, 15) is 0 Å². The van der Waals surface area contributed by atoms with Crippen LogP contribution in [0.4, 0.5) is 23.1 Å². The van der Waals surface area contributed by atoms with Gasteiger partial charge in [0, 0.05) is 31.0 Å². The standard InChI is InChI=1S/C22H28N6/c1-5-28(6-2)19-11-12-20(17(4)13-19)25-22-26-21(15-24-27-22)23-14-18-9-7-16(3)8-10-18/h7-13,15H,5-6,14H2,1-4H3,(H2,23,25,26,27). The highest BCUT2D eigenvalue weighted by atomic mass is 15.3. The van der Waals surface area contributed by atoms with Gasteiger partial charge < -0.3 is 15.5 Å². The number of hydrogen-bond acceptors (Lipinski definition) is 6. The van der Waals surface area contributed by atoms with Crippen LogP contribution in [0.25, 0.3) is 0 Å². The van der Waals surface area contributed by atoms with Crippen LogP contribution < -0.4 is 15.5 Å². The Hall–Kier alpha value is -3.15. The molecule has 28 heavy (non-hydrogen) atoms. The van der Waals surface area contributed by atoms with Crippen molar-refractivity contribution in [3.63, 3.8) is 0 Å². The van der Waals surface area contributed by atoms with Crippen LogP contribution in [-0.4, -0.2) is 28.3 Å². The van der Waals surface area contributed by atoms with Crippen LogP contribution >= 0.6 is 0 Å². The van der Waals surface area contributed by atoms with Gasteiger partial charge in [-0.2, -0.15) is 10.1 Å².